The molecule has 3 nitrogen and oxygen atoms in total. The normalized spacial score (nSPS) is 10.3. The molecule has 0 aliphatic rings. The zero-order valence-corrected chi connectivity index (χ0v) is 9.94. The third kappa shape index (κ3) is 3.27. The van der Waals surface area contributed by atoms with Gasteiger partial charge < -0.3 is 0 Å². The smallest absolute Gasteiger partial charge is 0.145 e. The van der Waals surface area contributed by atoms with Gasteiger partial charge in [-0.3, -0.25) is 4.90 Å². The summed E-state index contributed by atoms with van der Waals surface area (Å²) in [5.41, 5.74) is 0.496. The molecule has 1 aromatic rings. The summed E-state index contributed by atoms with van der Waals surface area (Å²) in [6.07, 6.45) is 0. The lowest BCUT2D eigenvalue weighted by molar-refractivity contribution is 0.237. The van der Waals surface area contributed by atoms with Gasteiger partial charge in [-0.1, -0.05) is 12.1 Å². The summed E-state index contributed by atoms with van der Waals surface area (Å²) in [7, 11) is 0. The molecule has 0 saturated carbocycles. The molecule has 0 aromatic heterocycles. The Morgan fingerprint density at radius 2 is 2.06 bits per heavy atom. The molecule has 4 heteroatoms. The van der Waals surface area contributed by atoms with Gasteiger partial charge in [-0.15, -0.1) is 0 Å². The molecule has 0 aliphatic heterocycles. The minimum absolute atomic E-state index is 0.0446. The van der Waals surface area contributed by atoms with Gasteiger partial charge in [0.1, 0.15) is 11.9 Å². The summed E-state index contributed by atoms with van der Waals surface area (Å²) in [5, 5.41) is 17.4. The number of nitriles is 2. The van der Waals surface area contributed by atoms with E-state index in [1.165, 1.54) is 6.07 Å². The van der Waals surface area contributed by atoms with Gasteiger partial charge >= 0.3 is 0 Å². The molecule has 1 aromatic carbocycles. The highest BCUT2D eigenvalue weighted by atomic mass is 19.1. The van der Waals surface area contributed by atoms with Crippen molar-refractivity contribution in [1.82, 2.24) is 4.90 Å². The van der Waals surface area contributed by atoms with Crippen LogP contribution < -0.4 is 0 Å². The highest BCUT2D eigenvalue weighted by Gasteiger charge is 2.14. The van der Waals surface area contributed by atoms with Crippen LogP contribution in [-0.2, 0) is 6.54 Å². The topological polar surface area (TPSA) is 50.8 Å². The molecule has 0 amide bonds. The van der Waals surface area contributed by atoms with Crippen LogP contribution in [0.5, 0.6) is 0 Å². The van der Waals surface area contributed by atoms with Gasteiger partial charge in [-0.05, 0) is 19.9 Å². The Morgan fingerprint density at radius 3 is 2.59 bits per heavy atom. The van der Waals surface area contributed by atoms with E-state index in [2.05, 4.69) is 6.07 Å². The highest BCUT2D eigenvalue weighted by molar-refractivity contribution is 5.34. The van der Waals surface area contributed by atoms with E-state index in [0.29, 0.717) is 12.1 Å². The monoisotopic (exact) mass is 231 g/mol. The van der Waals surface area contributed by atoms with Crippen molar-refractivity contribution in [3.05, 3.63) is 35.1 Å². The van der Waals surface area contributed by atoms with Crippen LogP contribution in [0, 0.1) is 28.5 Å². The summed E-state index contributed by atoms with van der Waals surface area (Å²) in [6.45, 7) is 4.48. The van der Waals surface area contributed by atoms with Crippen molar-refractivity contribution >= 4 is 0 Å². The number of benzene rings is 1. The van der Waals surface area contributed by atoms with Crippen LogP contribution >= 0.6 is 0 Å². The zero-order chi connectivity index (χ0) is 12.8. The highest BCUT2D eigenvalue weighted by Crippen LogP contribution is 2.15. The molecule has 88 valence electrons. The van der Waals surface area contributed by atoms with Gasteiger partial charge in [0.2, 0.25) is 0 Å². The van der Waals surface area contributed by atoms with Gasteiger partial charge in [0.05, 0.1) is 18.2 Å². The van der Waals surface area contributed by atoms with Crippen molar-refractivity contribution in [1.29, 1.82) is 10.5 Å². The Hall–Kier alpha value is -1.91. The second-order valence-electron chi connectivity index (χ2n) is 4.05. The summed E-state index contributed by atoms with van der Waals surface area (Å²) in [5.74, 6) is -0.487. The minimum atomic E-state index is -0.487. The number of halogens is 1. The molecule has 0 bridgehead atoms. The maximum Gasteiger partial charge on any atom is 0.145 e. The Labute approximate surface area is 101 Å². The van der Waals surface area contributed by atoms with Gasteiger partial charge in [0.15, 0.2) is 0 Å². The van der Waals surface area contributed by atoms with Crippen LogP contribution in [0.2, 0.25) is 0 Å². The predicted octanol–water partition coefficient (Wildman–Crippen LogP) is 2.43. The van der Waals surface area contributed by atoms with Gasteiger partial charge in [-0.25, -0.2) is 4.39 Å². The summed E-state index contributed by atoms with van der Waals surface area (Å²) < 4.78 is 13.8. The number of nitrogens with zero attached hydrogens (tertiary/aromatic N) is 3. The van der Waals surface area contributed by atoms with E-state index in [-0.39, 0.29) is 18.2 Å². The molecular weight excluding hydrogens is 217 g/mol. The van der Waals surface area contributed by atoms with Crippen molar-refractivity contribution in [2.75, 3.05) is 6.54 Å². The molecule has 0 N–H and O–H groups in total. The third-order valence-corrected chi connectivity index (χ3v) is 2.58. The lowest BCUT2D eigenvalue weighted by Crippen LogP contribution is -2.31. The average molecular weight is 231 g/mol. The van der Waals surface area contributed by atoms with E-state index in [0.717, 1.165) is 0 Å². The van der Waals surface area contributed by atoms with Crippen LogP contribution in [0.25, 0.3) is 0 Å². The van der Waals surface area contributed by atoms with Crippen molar-refractivity contribution in [3.63, 3.8) is 0 Å². The Bertz CT molecular complexity index is 469. The maximum atomic E-state index is 13.8. The molecule has 0 unspecified atom stereocenters. The SMILES string of the molecule is CC(C)N(CC#N)Cc1cccc(C#N)c1F. The van der Waals surface area contributed by atoms with Gasteiger partial charge in [0, 0.05) is 18.2 Å². The molecule has 0 spiro atoms. The van der Waals surface area contributed by atoms with Crippen LogP contribution in [0.15, 0.2) is 18.2 Å². The molecule has 0 radical (unpaired) electrons. The fourth-order valence-corrected chi connectivity index (χ4v) is 1.52. The standard InChI is InChI=1S/C13H14FN3/c1-10(2)17(7-6-15)9-12-5-3-4-11(8-16)13(12)14/h3-5,10H,7,9H2,1-2H3. The van der Waals surface area contributed by atoms with Crippen LogP contribution in [0.3, 0.4) is 0 Å². The third-order valence-electron chi connectivity index (χ3n) is 2.58. The van der Waals surface area contributed by atoms with E-state index in [9.17, 15) is 4.39 Å². The van der Waals surface area contributed by atoms with E-state index >= 15 is 0 Å². The largest absolute Gasteiger partial charge is 0.284 e. The van der Waals surface area contributed by atoms with Crippen LogP contribution in [0.1, 0.15) is 25.0 Å². The quantitative estimate of drug-likeness (QED) is 0.748. The average Bonchev–Trinajstić information content (AvgIpc) is 2.30. The first-order chi connectivity index (χ1) is 8.10. The summed E-state index contributed by atoms with van der Waals surface area (Å²) >= 11 is 0. The van der Waals surface area contributed by atoms with E-state index in [1.807, 2.05) is 24.8 Å². The van der Waals surface area contributed by atoms with Crippen molar-refractivity contribution < 1.29 is 4.39 Å². The number of hydrogen-bond acceptors (Lipinski definition) is 3. The first-order valence-electron chi connectivity index (χ1n) is 5.38. The second kappa shape index (κ2) is 5.98. The van der Waals surface area contributed by atoms with Gasteiger partial charge in [-0.2, -0.15) is 10.5 Å². The Balaban J connectivity index is 2.95. The van der Waals surface area contributed by atoms with Crippen molar-refractivity contribution in [2.45, 2.75) is 26.4 Å². The molecule has 0 heterocycles. The van der Waals surface area contributed by atoms with E-state index in [1.54, 1.807) is 12.1 Å². The van der Waals surface area contributed by atoms with Gasteiger partial charge in [0.25, 0.3) is 0 Å². The summed E-state index contributed by atoms with van der Waals surface area (Å²) in [6, 6.07) is 8.76. The predicted molar refractivity (Wildman–Crippen MR) is 62.3 cm³/mol. The van der Waals surface area contributed by atoms with E-state index < -0.39 is 5.82 Å². The second-order valence-corrected chi connectivity index (χ2v) is 4.05. The Kier molecular flexibility index (Phi) is 4.63. The molecule has 1 rings (SSSR count). The van der Waals surface area contributed by atoms with Crippen molar-refractivity contribution in [2.24, 2.45) is 0 Å². The molecule has 0 fully saturated rings. The molecular formula is C13H14FN3. The first kappa shape index (κ1) is 13.2. The number of hydrogen-bond donors (Lipinski definition) is 0. The van der Waals surface area contributed by atoms with Crippen LogP contribution in [-0.4, -0.2) is 17.5 Å². The lowest BCUT2D eigenvalue weighted by Gasteiger charge is -2.23. The maximum absolute atomic E-state index is 13.8. The first-order valence-corrected chi connectivity index (χ1v) is 5.38. The molecule has 17 heavy (non-hydrogen) atoms. The molecule has 0 aliphatic carbocycles. The van der Waals surface area contributed by atoms with Crippen LogP contribution in [0.4, 0.5) is 4.39 Å². The molecule has 0 saturated heterocycles. The zero-order valence-electron chi connectivity index (χ0n) is 9.94. The number of rotatable bonds is 4. The fourth-order valence-electron chi connectivity index (χ4n) is 1.52. The lowest BCUT2D eigenvalue weighted by atomic mass is 10.1. The fraction of sp³-hybridized carbons (Fsp3) is 0.385. The van der Waals surface area contributed by atoms with E-state index in [4.69, 9.17) is 10.5 Å². The summed E-state index contributed by atoms with van der Waals surface area (Å²) in [4.78, 5) is 1.85. The molecule has 0 atom stereocenters. The van der Waals surface area contributed by atoms with Crippen molar-refractivity contribution in [3.8, 4) is 12.1 Å². The minimum Gasteiger partial charge on any atom is -0.284 e. The Morgan fingerprint density at radius 1 is 1.35 bits per heavy atom.